The van der Waals surface area contributed by atoms with Crippen molar-refractivity contribution < 1.29 is 14.3 Å². The zero-order valence-corrected chi connectivity index (χ0v) is 11.8. The van der Waals surface area contributed by atoms with Gasteiger partial charge in [-0.15, -0.1) is 0 Å². The Labute approximate surface area is 118 Å². The van der Waals surface area contributed by atoms with E-state index >= 15 is 0 Å². The van der Waals surface area contributed by atoms with Gasteiger partial charge in [0.2, 0.25) is 5.91 Å². The predicted octanol–water partition coefficient (Wildman–Crippen LogP) is 1.04. The summed E-state index contributed by atoms with van der Waals surface area (Å²) >= 11 is 0. The molecule has 1 N–H and O–H groups in total. The Morgan fingerprint density at radius 3 is 2.85 bits per heavy atom. The molecule has 1 aromatic rings. The smallest absolute Gasteiger partial charge is 0.226 e. The van der Waals surface area contributed by atoms with Gasteiger partial charge in [-0.2, -0.15) is 0 Å². The van der Waals surface area contributed by atoms with Crippen LogP contribution in [0.3, 0.4) is 0 Å². The number of imidazole rings is 1. The van der Waals surface area contributed by atoms with Crippen molar-refractivity contribution in [3.05, 3.63) is 17.7 Å². The summed E-state index contributed by atoms with van der Waals surface area (Å²) in [6.07, 6.45) is 3.43. The van der Waals surface area contributed by atoms with Crippen LogP contribution in [0.15, 0.2) is 6.20 Å². The van der Waals surface area contributed by atoms with E-state index in [2.05, 4.69) is 9.97 Å². The zero-order chi connectivity index (χ0) is 13.9. The molecule has 0 aromatic carbocycles. The van der Waals surface area contributed by atoms with E-state index in [0.717, 1.165) is 24.4 Å². The van der Waals surface area contributed by atoms with Crippen molar-refractivity contribution in [3.63, 3.8) is 0 Å². The molecule has 1 amide bonds. The highest BCUT2D eigenvalue weighted by Gasteiger charge is 2.34. The van der Waals surface area contributed by atoms with E-state index in [1.165, 1.54) is 0 Å². The molecule has 2 saturated heterocycles. The minimum atomic E-state index is -0.0900. The van der Waals surface area contributed by atoms with Crippen molar-refractivity contribution in [2.24, 2.45) is 5.92 Å². The maximum Gasteiger partial charge on any atom is 0.226 e. The Balaban J connectivity index is 1.76. The van der Waals surface area contributed by atoms with Gasteiger partial charge < -0.3 is 19.4 Å². The van der Waals surface area contributed by atoms with Crippen molar-refractivity contribution in [3.8, 4) is 0 Å². The maximum absolute atomic E-state index is 12.7. The second-order valence-corrected chi connectivity index (χ2v) is 5.46. The van der Waals surface area contributed by atoms with Crippen LogP contribution in [0.25, 0.3) is 0 Å². The summed E-state index contributed by atoms with van der Waals surface area (Å²) in [6.45, 7) is 5.09. The van der Waals surface area contributed by atoms with Gasteiger partial charge in [-0.25, -0.2) is 4.98 Å². The number of aromatic amines is 1. The van der Waals surface area contributed by atoms with Gasteiger partial charge in [0.15, 0.2) is 0 Å². The number of H-pyrrole nitrogens is 1. The van der Waals surface area contributed by atoms with Gasteiger partial charge in [0.05, 0.1) is 13.2 Å². The van der Waals surface area contributed by atoms with E-state index < -0.39 is 0 Å². The van der Waals surface area contributed by atoms with Crippen LogP contribution in [0.2, 0.25) is 0 Å². The molecule has 0 saturated carbocycles. The Morgan fingerprint density at radius 1 is 1.35 bits per heavy atom. The molecule has 1 atom stereocenters. The Kier molecular flexibility index (Phi) is 4.03. The molecule has 2 aliphatic rings. The minimum Gasteiger partial charge on any atom is -0.381 e. The molecular weight excluding hydrogens is 258 g/mol. The molecule has 2 fully saturated rings. The highest BCUT2D eigenvalue weighted by atomic mass is 16.5. The third-order valence-electron chi connectivity index (χ3n) is 4.02. The second kappa shape index (κ2) is 5.93. The van der Waals surface area contributed by atoms with E-state index in [4.69, 9.17) is 9.47 Å². The first kappa shape index (κ1) is 13.6. The first-order chi connectivity index (χ1) is 9.75. The highest BCUT2D eigenvalue weighted by Crippen LogP contribution is 2.26. The number of hydrogen-bond acceptors (Lipinski definition) is 4. The van der Waals surface area contributed by atoms with Gasteiger partial charge in [-0.05, 0) is 19.8 Å². The quantitative estimate of drug-likeness (QED) is 0.878. The number of nitrogens with one attached hydrogen (secondary N) is 1. The van der Waals surface area contributed by atoms with Crippen molar-refractivity contribution in [1.29, 1.82) is 0 Å². The Morgan fingerprint density at radius 2 is 2.15 bits per heavy atom. The van der Waals surface area contributed by atoms with Gasteiger partial charge in [-0.3, -0.25) is 4.79 Å². The fourth-order valence-electron chi connectivity index (χ4n) is 2.88. The van der Waals surface area contributed by atoms with Gasteiger partial charge >= 0.3 is 0 Å². The third kappa shape index (κ3) is 2.71. The van der Waals surface area contributed by atoms with Gasteiger partial charge in [0.25, 0.3) is 0 Å². The number of hydrogen-bond donors (Lipinski definition) is 1. The molecular formula is C14H21N3O3. The summed E-state index contributed by atoms with van der Waals surface area (Å²) in [5.41, 5.74) is 1.00. The predicted molar refractivity (Wildman–Crippen MR) is 72.1 cm³/mol. The first-order valence-corrected chi connectivity index (χ1v) is 7.23. The molecule has 6 nitrogen and oxygen atoms in total. The van der Waals surface area contributed by atoms with E-state index in [9.17, 15) is 4.79 Å². The number of rotatable bonds is 2. The van der Waals surface area contributed by atoms with Crippen molar-refractivity contribution in [2.45, 2.75) is 25.8 Å². The summed E-state index contributed by atoms with van der Waals surface area (Å²) < 4.78 is 10.9. The van der Waals surface area contributed by atoms with Crippen molar-refractivity contribution in [1.82, 2.24) is 14.9 Å². The molecule has 0 radical (unpaired) electrons. The van der Waals surface area contributed by atoms with E-state index in [0.29, 0.717) is 33.0 Å². The molecule has 6 heteroatoms. The number of aryl methyl sites for hydroxylation is 1. The topological polar surface area (TPSA) is 67.4 Å². The number of aromatic nitrogens is 2. The van der Waals surface area contributed by atoms with Crippen LogP contribution in [0.4, 0.5) is 0 Å². The molecule has 0 bridgehead atoms. The fraction of sp³-hybridized carbons (Fsp3) is 0.714. The van der Waals surface area contributed by atoms with Gasteiger partial charge in [0.1, 0.15) is 11.9 Å². The SMILES string of the molecule is Cc1cnc([C@H]2COCCN2C(=O)C2CCOCC2)[nH]1. The molecule has 0 aliphatic carbocycles. The van der Waals surface area contributed by atoms with Crippen LogP contribution in [0.5, 0.6) is 0 Å². The second-order valence-electron chi connectivity index (χ2n) is 5.46. The molecule has 1 aromatic heterocycles. The molecule has 3 heterocycles. The molecule has 3 rings (SSSR count). The lowest BCUT2D eigenvalue weighted by Gasteiger charge is -2.37. The number of morpholine rings is 1. The average Bonchev–Trinajstić information content (AvgIpc) is 2.94. The standard InChI is InChI=1S/C14H21N3O3/c1-10-8-15-13(16-10)12-9-20-7-4-17(12)14(18)11-2-5-19-6-3-11/h8,11-12H,2-7,9H2,1H3,(H,15,16)/t12-/m1/s1. The fourth-order valence-corrected chi connectivity index (χ4v) is 2.88. The van der Waals surface area contributed by atoms with Crippen molar-refractivity contribution >= 4 is 5.91 Å². The Hall–Kier alpha value is -1.40. The minimum absolute atomic E-state index is 0.0837. The Bertz CT molecular complexity index is 468. The normalized spacial score (nSPS) is 24.9. The largest absolute Gasteiger partial charge is 0.381 e. The number of carbonyl (C=O) groups excluding carboxylic acids is 1. The van der Waals surface area contributed by atoms with E-state index in [-0.39, 0.29) is 17.9 Å². The van der Waals surface area contributed by atoms with Crippen LogP contribution < -0.4 is 0 Å². The van der Waals surface area contributed by atoms with Gasteiger partial charge in [-0.1, -0.05) is 0 Å². The monoisotopic (exact) mass is 279 g/mol. The lowest BCUT2D eigenvalue weighted by molar-refractivity contribution is -0.147. The maximum atomic E-state index is 12.7. The van der Waals surface area contributed by atoms with Crippen LogP contribution in [-0.4, -0.2) is 53.7 Å². The molecule has 2 aliphatic heterocycles. The van der Waals surface area contributed by atoms with Crippen molar-refractivity contribution in [2.75, 3.05) is 33.0 Å². The highest BCUT2D eigenvalue weighted by molar-refractivity contribution is 5.79. The summed E-state index contributed by atoms with van der Waals surface area (Å²) in [5, 5.41) is 0. The van der Waals surface area contributed by atoms with Crippen LogP contribution in [-0.2, 0) is 14.3 Å². The lowest BCUT2D eigenvalue weighted by Crippen LogP contribution is -2.47. The molecule has 0 unspecified atom stereocenters. The number of nitrogens with zero attached hydrogens (tertiary/aromatic N) is 2. The zero-order valence-electron chi connectivity index (χ0n) is 11.8. The lowest BCUT2D eigenvalue weighted by atomic mass is 9.97. The number of amides is 1. The average molecular weight is 279 g/mol. The summed E-state index contributed by atoms with van der Waals surface area (Å²) in [4.78, 5) is 22.2. The number of ether oxygens (including phenoxy) is 2. The summed E-state index contributed by atoms with van der Waals surface area (Å²) in [6, 6.07) is -0.0900. The summed E-state index contributed by atoms with van der Waals surface area (Å²) in [7, 11) is 0. The van der Waals surface area contributed by atoms with Crippen LogP contribution in [0.1, 0.15) is 30.4 Å². The molecule has 20 heavy (non-hydrogen) atoms. The molecule has 110 valence electrons. The first-order valence-electron chi connectivity index (χ1n) is 7.23. The van der Waals surface area contributed by atoms with E-state index in [1.807, 2.05) is 11.8 Å². The molecule has 0 spiro atoms. The van der Waals surface area contributed by atoms with Crippen LogP contribution in [0, 0.1) is 12.8 Å². The van der Waals surface area contributed by atoms with E-state index in [1.54, 1.807) is 6.20 Å². The van der Waals surface area contributed by atoms with Gasteiger partial charge in [0, 0.05) is 37.6 Å². The third-order valence-corrected chi connectivity index (χ3v) is 4.02. The number of carbonyl (C=O) groups is 1. The summed E-state index contributed by atoms with van der Waals surface area (Å²) in [5.74, 6) is 1.12. The van der Waals surface area contributed by atoms with Crippen LogP contribution >= 0.6 is 0 Å².